The molecule has 0 spiro atoms. The van der Waals surface area contributed by atoms with Crippen molar-refractivity contribution in [3.63, 3.8) is 0 Å². The lowest BCUT2D eigenvalue weighted by atomic mass is 10.2. The molecule has 0 atom stereocenters. The summed E-state index contributed by atoms with van der Waals surface area (Å²) < 4.78 is 2.23. The van der Waals surface area contributed by atoms with Crippen molar-refractivity contribution in [3.05, 3.63) is 78.9 Å². The molecule has 0 unspecified atom stereocenters. The van der Waals surface area contributed by atoms with Gasteiger partial charge in [-0.15, -0.1) is 0 Å². The number of hydrogen-bond acceptors (Lipinski definition) is 3. The SMILES string of the molecule is c1ccc(N2CCN(Cc3cccn3-c3cccnc3)CC2)cc1. The Morgan fingerprint density at radius 3 is 2.33 bits per heavy atom. The van der Waals surface area contributed by atoms with Gasteiger partial charge in [0, 0.05) is 56.5 Å². The molecule has 0 N–H and O–H groups in total. The molecule has 0 amide bonds. The van der Waals surface area contributed by atoms with Crippen LogP contribution in [0.5, 0.6) is 0 Å². The summed E-state index contributed by atoms with van der Waals surface area (Å²) in [4.78, 5) is 9.23. The van der Waals surface area contributed by atoms with E-state index < -0.39 is 0 Å². The zero-order valence-corrected chi connectivity index (χ0v) is 13.8. The molecule has 1 saturated heterocycles. The van der Waals surface area contributed by atoms with Gasteiger partial charge in [-0.25, -0.2) is 0 Å². The molecule has 1 aliphatic heterocycles. The highest BCUT2D eigenvalue weighted by Gasteiger charge is 2.18. The van der Waals surface area contributed by atoms with Crippen LogP contribution in [-0.2, 0) is 6.54 Å². The number of pyridine rings is 1. The van der Waals surface area contributed by atoms with Gasteiger partial charge in [0.05, 0.1) is 11.9 Å². The van der Waals surface area contributed by atoms with Gasteiger partial charge in [0.2, 0.25) is 0 Å². The van der Waals surface area contributed by atoms with Gasteiger partial charge in [-0.3, -0.25) is 9.88 Å². The van der Waals surface area contributed by atoms with Crippen molar-refractivity contribution in [2.45, 2.75) is 6.54 Å². The van der Waals surface area contributed by atoms with Crippen LogP contribution in [0.15, 0.2) is 73.2 Å². The highest BCUT2D eigenvalue weighted by atomic mass is 15.3. The maximum Gasteiger partial charge on any atom is 0.0636 e. The minimum atomic E-state index is 0.977. The third kappa shape index (κ3) is 3.19. The lowest BCUT2D eigenvalue weighted by molar-refractivity contribution is 0.246. The number of anilines is 1. The highest BCUT2D eigenvalue weighted by molar-refractivity contribution is 5.46. The lowest BCUT2D eigenvalue weighted by Gasteiger charge is -2.36. The maximum absolute atomic E-state index is 4.23. The monoisotopic (exact) mass is 318 g/mol. The van der Waals surface area contributed by atoms with Gasteiger partial charge >= 0.3 is 0 Å². The molecule has 0 radical (unpaired) electrons. The first kappa shape index (κ1) is 15.0. The van der Waals surface area contributed by atoms with Gasteiger partial charge in [-0.05, 0) is 36.4 Å². The van der Waals surface area contributed by atoms with E-state index in [0.29, 0.717) is 0 Å². The Labute approximate surface area is 143 Å². The fourth-order valence-corrected chi connectivity index (χ4v) is 3.33. The first-order valence-corrected chi connectivity index (χ1v) is 8.49. The molecule has 4 rings (SSSR count). The van der Waals surface area contributed by atoms with Crippen LogP contribution in [-0.4, -0.2) is 40.6 Å². The minimum Gasteiger partial charge on any atom is -0.369 e. The van der Waals surface area contributed by atoms with Gasteiger partial charge in [-0.2, -0.15) is 0 Å². The molecule has 3 heterocycles. The molecule has 3 aromatic rings. The highest BCUT2D eigenvalue weighted by Crippen LogP contribution is 2.18. The number of aromatic nitrogens is 2. The second kappa shape index (κ2) is 6.89. The zero-order chi connectivity index (χ0) is 16.2. The fraction of sp³-hybridized carbons (Fsp3) is 0.250. The number of benzene rings is 1. The van der Waals surface area contributed by atoms with Gasteiger partial charge in [-0.1, -0.05) is 18.2 Å². The molecule has 122 valence electrons. The molecule has 1 aliphatic rings. The Balaban J connectivity index is 1.41. The minimum absolute atomic E-state index is 0.977. The van der Waals surface area contributed by atoms with E-state index in [1.54, 1.807) is 0 Å². The predicted octanol–water partition coefficient (Wildman–Crippen LogP) is 3.19. The van der Waals surface area contributed by atoms with Crippen LogP contribution in [0, 0.1) is 0 Å². The average Bonchev–Trinajstić information content (AvgIpc) is 3.12. The van der Waals surface area contributed by atoms with Crippen molar-refractivity contribution in [1.29, 1.82) is 0 Å². The van der Waals surface area contributed by atoms with E-state index in [0.717, 1.165) is 38.4 Å². The van der Waals surface area contributed by atoms with E-state index in [2.05, 4.69) is 74.1 Å². The smallest absolute Gasteiger partial charge is 0.0636 e. The van der Waals surface area contributed by atoms with Crippen molar-refractivity contribution in [2.24, 2.45) is 0 Å². The summed E-state index contributed by atoms with van der Waals surface area (Å²) in [5, 5.41) is 0. The Hall–Kier alpha value is -2.59. The Bertz CT molecular complexity index is 759. The van der Waals surface area contributed by atoms with Crippen LogP contribution < -0.4 is 4.90 Å². The first-order chi connectivity index (χ1) is 11.9. The van der Waals surface area contributed by atoms with E-state index in [4.69, 9.17) is 0 Å². The topological polar surface area (TPSA) is 24.3 Å². The lowest BCUT2D eigenvalue weighted by Crippen LogP contribution is -2.46. The van der Waals surface area contributed by atoms with Crippen LogP contribution >= 0.6 is 0 Å². The van der Waals surface area contributed by atoms with Crippen molar-refractivity contribution < 1.29 is 0 Å². The summed E-state index contributed by atoms with van der Waals surface area (Å²) in [5.41, 5.74) is 3.77. The average molecular weight is 318 g/mol. The Morgan fingerprint density at radius 2 is 1.58 bits per heavy atom. The summed E-state index contributed by atoms with van der Waals surface area (Å²) in [7, 11) is 0. The summed E-state index contributed by atoms with van der Waals surface area (Å²) in [6.45, 7) is 5.32. The number of piperazine rings is 1. The number of nitrogens with zero attached hydrogens (tertiary/aromatic N) is 4. The second-order valence-electron chi connectivity index (χ2n) is 6.18. The molecule has 4 heteroatoms. The Kier molecular flexibility index (Phi) is 4.30. The number of hydrogen-bond donors (Lipinski definition) is 0. The van der Waals surface area contributed by atoms with Crippen molar-refractivity contribution in [3.8, 4) is 5.69 Å². The van der Waals surface area contributed by atoms with Crippen molar-refractivity contribution in [2.75, 3.05) is 31.1 Å². The third-order valence-electron chi connectivity index (χ3n) is 4.64. The third-order valence-corrected chi connectivity index (χ3v) is 4.64. The fourth-order valence-electron chi connectivity index (χ4n) is 3.33. The van der Waals surface area contributed by atoms with E-state index in [-0.39, 0.29) is 0 Å². The summed E-state index contributed by atoms with van der Waals surface area (Å²) in [6, 6.07) is 19.1. The quantitative estimate of drug-likeness (QED) is 0.738. The van der Waals surface area contributed by atoms with E-state index in [9.17, 15) is 0 Å². The van der Waals surface area contributed by atoms with E-state index in [1.165, 1.54) is 11.4 Å². The van der Waals surface area contributed by atoms with Crippen molar-refractivity contribution >= 4 is 5.69 Å². The molecule has 0 bridgehead atoms. The van der Waals surface area contributed by atoms with Gasteiger partial charge in [0.1, 0.15) is 0 Å². The molecule has 1 fully saturated rings. The molecule has 0 saturated carbocycles. The normalized spacial score (nSPS) is 15.6. The van der Waals surface area contributed by atoms with Gasteiger partial charge in [0.25, 0.3) is 0 Å². The Morgan fingerprint density at radius 1 is 0.792 bits per heavy atom. The van der Waals surface area contributed by atoms with E-state index >= 15 is 0 Å². The summed E-state index contributed by atoms with van der Waals surface area (Å²) in [6.07, 6.45) is 5.85. The molecular formula is C20H22N4. The van der Waals surface area contributed by atoms with E-state index in [1.807, 2.05) is 18.5 Å². The number of para-hydroxylation sites is 1. The predicted molar refractivity (Wildman–Crippen MR) is 97.5 cm³/mol. The van der Waals surface area contributed by atoms with Gasteiger partial charge < -0.3 is 9.47 Å². The number of rotatable bonds is 4. The first-order valence-electron chi connectivity index (χ1n) is 8.49. The summed E-state index contributed by atoms with van der Waals surface area (Å²) >= 11 is 0. The molecule has 0 aliphatic carbocycles. The van der Waals surface area contributed by atoms with Crippen LogP contribution in [0.3, 0.4) is 0 Å². The van der Waals surface area contributed by atoms with Crippen LogP contribution in [0.2, 0.25) is 0 Å². The van der Waals surface area contributed by atoms with Gasteiger partial charge in [0.15, 0.2) is 0 Å². The standard InChI is InChI=1S/C20H22N4/c1-2-6-18(7-3-1)23-14-12-22(13-15-23)17-20-9-5-11-24(20)19-8-4-10-21-16-19/h1-11,16H,12-15,17H2. The molecular weight excluding hydrogens is 296 g/mol. The molecule has 1 aromatic carbocycles. The second-order valence-corrected chi connectivity index (χ2v) is 6.18. The van der Waals surface area contributed by atoms with Crippen LogP contribution in [0.1, 0.15) is 5.69 Å². The van der Waals surface area contributed by atoms with Crippen molar-refractivity contribution in [1.82, 2.24) is 14.5 Å². The van der Waals surface area contributed by atoms with Crippen LogP contribution in [0.4, 0.5) is 5.69 Å². The van der Waals surface area contributed by atoms with Crippen LogP contribution in [0.25, 0.3) is 5.69 Å². The molecule has 2 aromatic heterocycles. The molecule has 4 nitrogen and oxygen atoms in total. The maximum atomic E-state index is 4.23. The zero-order valence-electron chi connectivity index (χ0n) is 13.8. The summed E-state index contributed by atoms with van der Waals surface area (Å²) in [5.74, 6) is 0. The largest absolute Gasteiger partial charge is 0.369 e. The molecule has 24 heavy (non-hydrogen) atoms.